The summed E-state index contributed by atoms with van der Waals surface area (Å²) < 4.78 is 45.3. The molecule has 0 spiro atoms. The summed E-state index contributed by atoms with van der Waals surface area (Å²) in [5.41, 5.74) is 0. The normalized spacial score (nSPS) is 19.3. The summed E-state index contributed by atoms with van der Waals surface area (Å²) in [5.74, 6) is -0.144. The lowest BCUT2D eigenvalue weighted by Crippen LogP contribution is -2.47. The quantitative estimate of drug-likeness (QED) is 0.764. The van der Waals surface area contributed by atoms with E-state index in [1.54, 1.807) is 6.26 Å². The van der Waals surface area contributed by atoms with E-state index in [0.29, 0.717) is 19.4 Å². The maximum atomic E-state index is 13.1. The van der Waals surface area contributed by atoms with Gasteiger partial charge in [0.1, 0.15) is 11.6 Å². The number of nitrogens with zero attached hydrogens (tertiary/aromatic N) is 1. The van der Waals surface area contributed by atoms with Crippen LogP contribution in [0.25, 0.3) is 0 Å². The van der Waals surface area contributed by atoms with Crippen molar-refractivity contribution in [2.45, 2.75) is 43.5 Å². The second-order valence-corrected chi connectivity index (χ2v) is 9.12. The number of benzene rings is 1. The number of furan rings is 1. The molecule has 2 heterocycles. The molecule has 2 aromatic rings. The number of carbonyl (C=O) groups excluding carboxylic acids is 1. The van der Waals surface area contributed by atoms with Crippen LogP contribution in [0, 0.1) is 11.7 Å². The Hall–Kier alpha value is -2.19. The second kappa shape index (κ2) is 8.87. The zero-order chi connectivity index (χ0) is 20.1. The Kier molecular flexibility index (Phi) is 6.51. The molecular formula is C20H25FN2O4S. The SMILES string of the molecule is C[C@@H](CCc1ccco1)NC(=O)[C@@H]1CCCN(S(=O)(=O)c2ccc(F)cc2)C1. The lowest BCUT2D eigenvalue weighted by atomic mass is 9.98. The molecule has 6 nitrogen and oxygen atoms in total. The molecular weight excluding hydrogens is 383 g/mol. The van der Waals surface area contributed by atoms with Crippen LogP contribution in [0.5, 0.6) is 0 Å². The largest absolute Gasteiger partial charge is 0.469 e. The van der Waals surface area contributed by atoms with Gasteiger partial charge in [0.25, 0.3) is 0 Å². The lowest BCUT2D eigenvalue weighted by molar-refractivity contribution is -0.126. The number of piperidine rings is 1. The van der Waals surface area contributed by atoms with Crippen LogP contribution in [-0.2, 0) is 21.2 Å². The van der Waals surface area contributed by atoms with E-state index in [4.69, 9.17) is 4.42 Å². The molecule has 1 aromatic heterocycles. The predicted molar refractivity (Wildman–Crippen MR) is 103 cm³/mol. The van der Waals surface area contributed by atoms with Crippen molar-refractivity contribution in [3.05, 3.63) is 54.2 Å². The molecule has 1 amide bonds. The third-order valence-electron chi connectivity index (χ3n) is 5.00. The number of hydrogen-bond donors (Lipinski definition) is 1. The fourth-order valence-corrected chi connectivity index (χ4v) is 4.90. The molecule has 0 radical (unpaired) electrons. The van der Waals surface area contributed by atoms with Crippen molar-refractivity contribution < 1.29 is 22.0 Å². The Bertz CT molecular complexity index is 881. The topological polar surface area (TPSA) is 79.6 Å². The van der Waals surface area contributed by atoms with E-state index in [0.717, 1.165) is 30.7 Å². The van der Waals surface area contributed by atoms with Crippen molar-refractivity contribution in [1.29, 1.82) is 0 Å². The van der Waals surface area contributed by atoms with Gasteiger partial charge in [0.2, 0.25) is 15.9 Å². The smallest absolute Gasteiger partial charge is 0.243 e. The molecule has 1 aliphatic heterocycles. The van der Waals surface area contributed by atoms with Crippen molar-refractivity contribution in [3.63, 3.8) is 0 Å². The van der Waals surface area contributed by atoms with Gasteiger partial charge < -0.3 is 9.73 Å². The maximum Gasteiger partial charge on any atom is 0.243 e. The molecule has 1 fully saturated rings. The van der Waals surface area contributed by atoms with Crippen molar-refractivity contribution >= 4 is 15.9 Å². The summed E-state index contributed by atoms with van der Waals surface area (Å²) in [7, 11) is -3.74. The molecule has 1 saturated heterocycles. The minimum absolute atomic E-state index is 0.0401. The van der Waals surface area contributed by atoms with Crippen molar-refractivity contribution in [3.8, 4) is 0 Å². The Labute approximate surface area is 164 Å². The molecule has 0 aliphatic carbocycles. The van der Waals surface area contributed by atoms with Gasteiger partial charge in [-0.3, -0.25) is 4.79 Å². The van der Waals surface area contributed by atoms with E-state index in [1.807, 2.05) is 19.1 Å². The minimum atomic E-state index is -3.74. The van der Waals surface area contributed by atoms with Gasteiger partial charge in [0.15, 0.2) is 0 Å². The Morgan fingerprint density at radius 3 is 2.75 bits per heavy atom. The summed E-state index contributed by atoms with van der Waals surface area (Å²) in [6.45, 7) is 2.42. The zero-order valence-electron chi connectivity index (χ0n) is 15.8. The summed E-state index contributed by atoms with van der Waals surface area (Å²) in [6, 6.07) is 8.45. The van der Waals surface area contributed by atoms with Crippen LogP contribution in [0.3, 0.4) is 0 Å². The molecule has 8 heteroatoms. The van der Waals surface area contributed by atoms with Crippen LogP contribution < -0.4 is 5.32 Å². The van der Waals surface area contributed by atoms with Crippen LogP contribution >= 0.6 is 0 Å². The van der Waals surface area contributed by atoms with Gasteiger partial charge in [-0.15, -0.1) is 0 Å². The molecule has 0 bridgehead atoms. The average molecular weight is 408 g/mol. The number of rotatable bonds is 7. The lowest BCUT2D eigenvalue weighted by Gasteiger charge is -2.31. The highest BCUT2D eigenvalue weighted by Crippen LogP contribution is 2.24. The van der Waals surface area contributed by atoms with Gasteiger partial charge in [-0.2, -0.15) is 4.31 Å². The average Bonchev–Trinajstić information content (AvgIpc) is 3.20. The first-order valence-electron chi connectivity index (χ1n) is 9.45. The zero-order valence-corrected chi connectivity index (χ0v) is 16.6. The van der Waals surface area contributed by atoms with Gasteiger partial charge >= 0.3 is 0 Å². The molecule has 152 valence electrons. The van der Waals surface area contributed by atoms with Crippen molar-refractivity contribution in [2.75, 3.05) is 13.1 Å². The van der Waals surface area contributed by atoms with E-state index in [2.05, 4.69) is 5.32 Å². The number of nitrogens with one attached hydrogen (secondary N) is 1. The van der Waals surface area contributed by atoms with Crippen LogP contribution in [0.1, 0.15) is 31.9 Å². The molecule has 3 rings (SSSR count). The Morgan fingerprint density at radius 1 is 1.32 bits per heavy atom. The van der Waals surface area contributed by atoms with E-state index in [1.165, 1.54) is 16.4 Å². The predicted octanol–water partition coefficient (Wildman–Crippen LogP) is 2.96. The highest BCUT2D eigenvalue weighted by Gasteiger charge is 2.33. The summed E-state index contributed by atoms with van der Waals surface area (Å²) in [6.07, 6.45) is 4.34. The highest BCUT2D eigenvalue weighted by molar-refractivity contribution is 7.89. The number of amides is 1. The van der Waals surface area contributed by atoms with Gasteiger partial charge in [0, 0.05) is 25.6 Å². The fourth-order valence-electron chi connectivity index (χ4n) is 3.38. The van der Waals surface area contributed by atoms with Gasteiger partial charge in [-0.05, 0) is 62.6 Å². The number of sulfonamides is 1. The van der Waals surface area contributed by atoms with E-state index in [9.17, 15) is 17.6 Å². The molecule has 1 aliphatic rings. The first-order chi connectivity index (χ1) is 13.4. The second-order valence-electron chi connectivity index (χ2n) is 7.18. The van der Waals surface area contributed by atoms with Crippen LogP contribution in [0.4, 0.5) is 4.39 Å². The summed E-state index contributed by atoms with van der Waals surface area (Å²) in [4.78, 5) is 12.7. The summed E-state index contributed by atoms with van der Waals surface area (Å²) in [5, 5.41) is 2.98. The fraction of sp³-hybridized carbons (Fsp3) is 0.450. The summed E-state index contributed by atoms with van der Waals surface area (Å²) >= 11 is 0. The van der Waals surface area contributed by atoms with E-state index < -0.39 is 21.8 Å². The number of aryl methyl sites for hydroxylation is 1. The third kappa shape index (κ3) is 4.99. The molecule has 2 atom stereocenters. The standard InChI is InChI=1S/C20H25FN2O4S/c1-15(6-9-18-5-3-13-27-18)22-20(24)16-4-2-12-23(14-16)28(25,26)19-10-7-17(21)8-11-19/h3,5,7-8,10-11,13,15-16H,2,4,6,9,12,14H2,1H3,(H,22,24)/t15-,16+/m0/s1. The van der Waals surface area contributed by atoms with Gasteiger partial charge in [-0.1, -0.05) is 0 Å². The third-order valence-corrected chi connectivity index (χ3v) is 6.88. The first kappa shape index (κ1) is 20.5. The van der Waals surface area contributed by atoms with Crippen molar-refractivity contribution in [2.24, 2.45) is 5.92 Å². The highest BCUT2D eigenvalue weighted by atomic mass is 32.2. The number of carbonyl (C=O) groups is 1. The Morgan fingerprint density at radius 2 is 2.07 bits per heavy atom. The van der Waals surface area contributed by atoms with E-state index in [-0.39, 0.29) is 23.4 Å². The van der Waals surface area contributed by atoms with Crippen LogP contribution in [-0.4, -0.2) is 37.8 Å². The first-order valence-corrected chi connectivity index (χ1v) is 10.9. The molecule has 1 N–H and O–H groups in total. The minimum Gasteiger partial charge on any atom is -0.469 e. The molecule has 28 heavy (non-hydrogen) atoms. The van der Waals surface area contributed by atoms with Crippen molar-refractivity contribution in [1.82, 2.24) is 9.62 Å². The molecule has 0 saturated carbocycles. The molecule has 1 aromatic carbocycles. The molecule has 0 unspecified atom stereocenters. The monoisotopic (exact) mass is 408 g/mol. The Balaban J connectivity index is 1.57. The number of hydrogen-bond acceptors (Lipinski definition) is 4. The number of halogens is 1. The van der Waals surface area contributed by atoms with Gasteiger partial charge in [0.05, 0.1) is 17.1 Å². The van der Waals surface area contributed by atoms with Crippen LogP contribution in [0.15, 0.2) is 52.0 Å². The van der Waals surface area contributed by atoms with Crippen LogP contribution in [0.2, 0.25) is 0 Å². The van der Waals surface area contributed by atoms with Gasteiger partial charge in [-0.25, -0.2) is 12.8 Å². The maximum absolute atomic E-state index is 13.1. The van der Waals surface area contributed by atoms with E-state index >= 15 is 0 Å².